The van der Waals surface area contributed by atoms with E-state index in [1.54, 1.807) is 53.7 Å². The first-order chi connectivity index (χ1) is 14.6. The Hall–Kier alpha value is -2.57. The maximum Gasteiger partial charge on any atom is 0.324 e. The zero-order valence-corrected chi connectivity index (χ0v) is 20.6. The van der Waals surface area contributed by atoms with Crippen LogP contribution in [0.1, 0.15) is 79.7 Å². The van der Waals surface area contributed by atoms with Crippen LogP contribution in [-0.2, 0) is 28.6 Å². The molecule has 0 aromatic heterocycles. The number of carbonyl (C=O) groups is 3. The Morgan fingerprint density at radius 1 is 0.875 bits per heavy atom. The molecular formula is C25H38O7. The molecule has 0 fully saturated rings. The van der Waals surface area contributed by atoms with Crippen LogP contribution >= 0.6 is 0 Å². The highest BCUT2D eigenvalue weighted by atomic mass is 16.6. The van der Waals surface area contributed by atoms with Gasteiger partial charge in [0.25, 0.3) is 0 Å². The van der Waals surface area contributed by atoms with Crippen LogP contribution in [0.2, 0.25) is 0 Å². The molecular weight excluding hydrogens is 412 g/mol. The number of phenolic OH excluding ortho intramolecular Hbond substituents is 1. The highest BCUT2D eigenvalue weighted by molar-refractivity contribution is 5.95. The highest BCUT2D eigenvalue weighted by Gasteiger charge is 2.36. The van der Waals surface area contributed by atoms with Crippen molar-refractivity contribution < 1.29 is 33.7 Å². The van der Waals surface area contributed by atoms with E-state index < -0.39 is 47.6 Å². The van der Waals surface area contributed by atoms with Gasteiger partial charge in [-0.2, -0.15) is 0 Å². The first-order valence-electron chi connectivity index (χ1n) is 11.0. The van der Waals surface area contributed by atoms with E-state index in [-0.39, 0.29) is 11.7 Å². The standard InChI is InChI=1S/C25H38O7/c1-9-17(14-16(2)18-10-12-19(26)13-11-18)21(27)30-15-20(22(28)31-24(3,4)5)23(29)32-25(6,7)8/h10-13,16-17,20,26H,9,14-15H2,1-8H3. The van der Waals surface area contributed by atoms with E-state index in [1.165, 1.54) is 0 Å². The van der Waals surface area contributed by atoms with Crippen molar-refractivity contribution in [1.29, 1.82) is 0 Å². The van der Waals surface area contributed by atoms with Gasteiger partial charge in [0.15, 0.2) is 5.92 Å². The lowest BCUT2D eigenvalue weighted by Gasteiger charge is -2.26. The third-order valence-corrected chi connectivity index (χ3v) is 4.70. The quantitative estimate of drug-likeness (QED) is 0.329. The van der Waals surface area contributed by atoms with Crippen molar-refractivity contribution in [2.75, 3.05) is 6.61 Å². The van der Waals surface area contributed by atoms with Crippen molar-refractivity contribution in [3.05, 3.63) is 29.8 Å². The average Bonchev–Trinajstić information content (AvgIpc) is 2.63. The Balaban J connectivity index is 2.86. The summed E-state index contributed by atoms with van der Waals surface area (Å²) in [5, 5.41) is 9.46. The fraction of sp³-hybridized carbons (Fsp3) is 0.640. The third-order valence-electron chi connectivity index (χ3n) is 4.70. The summed E-state index contributed by atoms with van der Waals surface area (Å²) in [5.41, 5.74) is -0.603. The lowest BCUT2D eigenvalue weighted by Crippen LogP contribution is -2.40. The molecule has 0 aliphatic rings. The van der Waals surface area contributed by atoms with Crippen molar-refractivity contribution in [2.45, 2.75) is 85.4 Å². The zero-order chi connectivity index (χ0) is 24.7. The molecule has 180 valence electrons. The summed E-state index contributed by atoms with van der Waals surface area (Å²) in [4.78, 5) is 37.9. The van der Waals surface area contributed by atoms with Gasteiger partial charge in [-0.05, 0) is 78.0 Å². The number of phenols is 1. The predicted octanol–water partition coefficient (Wildman–Crippen LogP) is 4.75. The molecule has 2 unspecified atom stereocenters. The molecule has 7 heteroatoms. The van der Waals surface area contributed by atoms with Crippen molar-refractivity contribution in [3.63, 3.8) is 0 Å². The molecule has 1 aromatic carbocycles. The Bertz CT molecular complexity index is 741. The minimum Gasteiger partial charge on any atom is -0.508 e. The molecule has 1 aromatic rings. The highest BCUT2D eigenvalue weighted by Crippen LogP contribution is 2.27. The fourth-order valence-corrected chi connectivity index (χ4v) is 3.06. The molecule has 1 rings (SSSR count). The second-order valence-corrected chi connectivity index (χ2v) is 10.1. The number of ether oxygens (including phenoxy) is 3. The van der Waals surface area contributed by atoms with Gasteiger partial charge in [0.2, 0.25) is 0 Å². The Morgan fingerprint density at radius 3 is 1.75 bits per heavy atom. The average molecular weight is 451 g/mol. The molecule has 0 aliphatic heterocycles. The molecule has 1 N–H and O–H groups in total. The normalized spacial score (nSPS) is 13.9. The minimum atomic E-state index is -1.36. The second kappa shape index (κ2) is 11.3. The van der Waals surface area contributed by atoms with Gasteiger partial charge in [-0.25, -0.2) is 0 Å². The van der Waals surface area contributed by atoms with Crippen LogP contribution in [0.15, 0.2) is 24.3 Å². The molecule has 0 saturated heterocycles. The third kappa shape index (κ3) is 9.71. The lowest BCUT2D eigenvalue weighted by molar-refractivity contribution is -0.178. The van der Waals surface area contributed by atoms with Crippen LogP contribution in [0, 0.1) is 11.8 Å². The van der Waals surface area contributed by atoms with E-state index in [4.69, 9.17) is 14.2 Å². The topological polar surface area (TPSA) is 99.1 Å². The van der Waals surface area contributed by atoms with Gasteiger partial charge >= 0.3 is 17.9 Å². The molecule has 0 saturated carbocycles. The van der Waals surface area contributed by atoms with Gasteiger partial charge in [0, 0.05) is 0 Å². The molecule has 0 radical (unpaired) electrons. The Labute approximate surface area is 191 Å². The van der Waals surface area contributed by atoms with E-state index in [0.717, 1.165) is 5.56 Å². The summed E-state index contributed by atoms with van der Waals surface area (Å²) < 4.78 is 16.1. The lowest BCUT2D eigenvalue weighted by atomic mass is 9.89. The van der Waals surface area contributed by atoms with Crippen LogP contribution in [0.25, 0.3) is 0 Å². The summed E-state index contributed by atoms with van der Waals surface area (Å²) in [6.07, 6.45) is 1.08. The monoisotopic (exact) mass is 450 g/mol. The van der Waals surface area contributed by atoms with Crippen LogP contribution in [-0.4, -0.2) is 40.8 Å². The summed E-state index contributed by atoms with van der Waals surface area (Å²) in [5.74, 6) is -3.57. The largest absolute Gasteiger partial charge is 0.508 e. The summed E-state index contributed by atoms with van der Waals surface area (Å²) in [6, 6.07) is 6.85. The van der Waals surface area contributed by atoms with Gasteiger partial charge < -0.3 is 19.3 Å². The van der Waals surface area contributed by atoms with E-state index in [1.807, 2.05) is 26.0 Å². The minimum absolute atomic E-state index is 0.0561. The molecule has 2 atom stereocenters. The number of rotatable bonds is 9. The van der Waals surface area contributed by atoms with Crippen LogP contribution in [0.3, 0.4) is 0 Å². The van der Waals surface area contributed by atoms with Crippen LogP contribution in [0.5, 0.6) is 5.75 Å². The number of carbonyl (C=O) groups excluding carboxylic acids is 3. The summed E-state index contributed by atoms with van der Waals surface area (Å²) in [7, 11) is 0. The number of esters is 3. The van der Waals surface area contributed by atoms with Crippen molar-refractivity contribution >= 4 is 17.9 Å². The predicted molar refractivity (Wildman–Crippen MR) is 121 cm³/mol. The Morgan fingerprint density at radius 2 is 1.34 bits per heavy atom. The molecule has 0 amide bonds. The SMILES string of the molecule is CCC(CC(C)c1ccc(O)cc1)C(=O)OCC(C(=O)OC(C)(C)C)C(=O)OC(C)(C)C. The van der Waals surface area contributed by atoms with Gasteiger partial charge in [-0.1, -0.05) is 26.0 Å². The molecule has 32 heavy (non-hydrogen) atoms. The first-order valence-corrected chi connectivity index (χ1v) is 11.0. The molecule has 0 spiro atoms. The zero-order valence-electron chi connectivity index (χ0n) is 20.6. The first kappa shape index (κ1) is 27.5. The summed E-state index contributed by atoms with van der Waals surface area (Å²) >= 11 is 0. The Kier molecular flexibility index (Phi) is 9.73. The number of hydrogen-bond donors (Lipinski definition) is 1. The van der Waals surface area contributed by atoms with E-state index in [0.29, 0.717) is 12.8 Å². The second-order valence-electron chi connectivity index (χ2n) is 10.1. The summed E-state index contributed by atoms with van der Waals surface area (Å²) in [6.45, 7) is 13.6. The maximum atomic E-state index is 12.7. The molecule has 0 heterocycles. The smallest absolute Gasteiger partial charge is 0.324 e. The van der Waals surface area contributed by atoms with E-state index in [2.05, 4.69) is 0 Å². The number of aromatic hydroxyl groups is 1. The van der Waals surface area contributed by atoms with Crippen molar-refractivity contribution in [2.24, 2.45) is 11.8 Å². The fourth-order valence-electron chi connectivity index (χ4n) is 3.06. The van der Waals surface area contributed by atoms with Gasteiger partial charge in [-0.15, -0.1) is 0 Å². The number of hydrogen-bond acceptors (Lipinski definition) is 7. The maximum absolute atomic E-state index is 12.7. The van der Waals surface area contributed by atoms with Crippen molar-refractivity contribution in [1.82, 2.24) is 0 Å². The van der Waals surface area contributed by atoms with Gasteiger partial charge in [0.05, 0.1) is 5.92 Å². The molecule has 7 nitrogen and oxygen atoms in total. The van der Waals surface area contributed by atoms with Gasteiger partial charge in [-0.3, -0.25) is 14.4 Å². The van der Waals surface area contributed by atoms with Crippen LogP contribution < -0.4 is 0 Å². The van der Waals surface area contributed by atoms with E-state index >= 15 is 0 Å². The molecule has 0 bridgehead atoms. The van der Waals surface area contributed by atoms with E-state index in [9.17, 15) is 19.5 Å². The number of benzene rings is 1. The van der Waals surface area contributed by atoms with Crippen molar-refractivity contribution in [3.8, 4) is 5.75 Å². The van der Waals surface area contributed by atoms with Gasteiger partial charge in [0.1, 0.15) is 23.6 Å². The van der Waals surface area contributed by atoms with Crippen LogP contribution in [0.4, 0.5) is 0 Å². The molecule has 0 aliphatic carbocycles.